The SMILES string of the molecule is CC/C=C(\c1cncc(C(C)(C)C)c1)N(C)C. The Morgan fingerprint density at radius 1 is 1.29 bits per heavy atom. The lowest BCUT2D eigenvalue weighted by Gasteiger charge is -2.22. The Bertz CT molecular complexity index is 398. The van der Waals surface area contributed by atoms with E-state index in [2.05, 4.69) is 63.8 Å². The molecule has 0 bridgehead atoms. The molecule has 0 aromatic carbocycles. The van der Waals surface area contributed by atoms with Crippen molar-refractivity contribution in [1.29, 1.82) is 0 Å². The lowest BCUT2D eigenvalue weighted by atomic mass is 9.87. The molecule has 94 valence electrons. The summed E-state index contributed by atoms with van der Waals surface area (Å²) in [7, 11) is 4.15. The number of pyridine rings is 1. The van der Waals surface area contributed by atoms with Crippen LogP contribution in [0.3, 0.4) is 0 Å². The van der Waals surface area contributed by atoms with Crippen molar-refractivity contribution < 1.29 is 0 Å². The molecular weight excluding hydrogens is 208 g/mol. The molecule has 0 aliphatic rings. The lowest BCUT2D eigenvalue weighted by molar-refractivity contribution is 0.579. The molecule has 0 N–H and O–H groups in total. The molecule has 0 saturated carbocycles. The molecule has 1 rings (SSSR count). The zero-order valence-electron chi connectivity index (χ0n) is 11.9. The van der Waals surface area contributed by atoms with Crippen LogP contribution in [0.15, 0.2) is 24.5 Å². The highest BCUT2D eigenvalue weighted by Gasteiger charge is 2.15. The van der Waals surface area contributed by atoms with Crippen LogP contribution in [0.1, 0.15) is 45.2 Å². The van der Waals surface area contributed by atoms with Gasteiger partial charge in [0.2, 0.25) is 0 Å². The van der Waals surface area contributed by atoms with Gasteiger partial charge in [0.25, 0.3) is 0 Å². The van der Waals surface area contributed by atoms with Crippen molar-refractivity contribution in [3.63, 3.8) is 0 Å². The van der Waals surface area contributed by atoms with Gasteiger partial charge < -0.3 is 4.90 Å². The molecule has 0 saturated heterocycles. The average Bonchev–Trinajstić information content (AvgIpc) is 2.24. The van der Waals surface area contributed by atoms with E-state index in [1.54, 1.807) is 0 Å². The second-order valence-corrected chi connectivity index (χ2v) is 5.60. The molecule has 17 heavy (non-hydrogen) atoms. The van der Waals surface area contributed by atoms with E-state index in [4.69, 9.17) is 0 Å². The fourth-order valence-electron chi connectivity index (χ4n) is 1.74. The Kier molecular flexibility index (Phi) is 4.33. The molecule has 2 heteroatoms. The highest BCUT2D eigenvalue weighted by atomic mass is 15.1. The molecule has 0 unspecified atom stereocenters. The number of hydrogen-bond donors (Lipinski definition) is 0. The monoisotopic (exact) mass is 232 g/mol. The normalized spacial score (nSPS) is 12.7. The van der Waals surface area contributed by atoms with Gasteiger partial charge in [-0.15, -0.1) is 0 Å². The van der Waals surface area contributed by atoms with Gasteiger partial charge in [0.1, 0.15) is 0 Å². The lowest BCUT2D eigenvalue weighted by Crippen LogP contribution is -2.14. The summed E-state index contributed by atoms with van der Waals surface area (Å²) in [5.74, 6) is 0. The molecule has 0 aliphatic carbocycles. The second kappa shape index (κ2) is 5.35. The molecule has 0 atom stereocenters. The molecule has 1 heterocycles. The van der Waals surface area contributed by atoms with Gasteiger partial charge in [-0.3, -0.25) is 4.98 Å². The third-order valence-corrected chi connectivity index (χ3v) is 2.78. The van der Waals surface area contributed by atoms with Gasteiger partial charge in [0, 0.05) is 37.7 Å². The van der Waals surface area contributed by atoms with Gasteiger partial charge in [-0.05, 0) is 23.5 Å². The van der Waals surface area contributed by atoms with Crippen LogP contribution in [-0.2, 0) is 5.41 Å². The molecule has 0 amide bonds. The number of hydrogen-bond acceptors (Lipinski definition) is 2. The van der Waals surface area contributed by atoms with Crippen LogP contribution in [0.25, 0.3) is 5.70 Å². The minimum Gasteiger partial charge on any atom is -0.377 e. The summed E-state index contributed by atoms with van der Waals surface area (Å²) in [5.41, 5.74) is 3.86. The predicted molar refractivity (Wildman–Crippen MR) is 74.9 cm³/mol. The van der Waals surface area contributed by atoms with Crippen molar-refractivity contribution >= 4 is 5.70 Å². The Morgan fingerprint density at radius 3 is 2.41 bits per heavy atom. The smallest absolute Gasteiger partial charge is 0.0409 e. The van der Waals surface area contributed by atoms with Crippen molar-refractivity contribution in [3.05, 3.63) is 35.7 Å². The maximum Gasteiger partial charge on any atom is 0.0409 e. The van der Waals surface area contributed by atoms with Gasteiger partial charge in [-0.2, -0.15) is 0 Å². The van der Waals surface area contributed by atoms with Gasteiger partial charge in [0.05, 0.1) is 0 Å². The Hall–Kier alpha value is -1.31. The molecule has 0 spiro atoms. The number of rotatable bonds is 3. The first-order chi connectivity index (χ1) is 7.86. The van der Waals surface area contributed by atoms with Gasteiger partial charge in [-0.25, -0.2) is 0 Å². The van der Waals surface area contributed by atoms with Gasteiger partial charge in [0.15, 0.2) is 0 Å². The van der Waals surface area contributed by atoms with Crippen LogP contribution in [0, 0.1) is 0 Å². The zero-order chi connectivity index (χ0) is 13.1. The number of allylic oxidation sites excluding steroid dienone is 1. The molecule has 2 nitrogen and oxygen atoms in total. The van der Waals surface area contributed by atoms with Gasteiger partial charge >= 0.3 is 0 Å². The molecule has 0 fully saturated rings. The Morgan fingerprint density at radius 2 is 1.94 bits per heavy atom. The van der Waals surface area contributed by atoms with E-state index in [0.717, 1.165) is 6.42 Å². The third-order valence-electron chi connectivity index (χ3n) is 2.78. The topological polar surface area (TPSA) is 16.1 Å². The average molecular weight is 232 g/mol. The summed E-state index contributed by atoms with van der Waals surface area (Å²) in [6.07, 6.45) is 7.18. The van der Waals surface area contributed by atoms with Gasteiger partial charge in [-0.1, -0.05) is 33.8 Å². The van der Waals surface area contributed by atoms with E-state index in [1.165, 1.54) is 16.8 Å². The molecule has 0 radical (unpaired) electrons. The first-order valence-corrected chi connectivity index (χ1v) is 6.19. The Balaban J connectivity index is 3.18. The maximum atomic E-state index is 4.37. The van der Waals surface area contributed by atoms with E-state index in [1.807, 2.05) is 12.4 Å². The predicted octanol–water partition coefficient (Wildman–Crippen LogP) is 3.69. The van der Waals surface area contributed by atoms with Crippen molar-refractivity contribution in [2.75, 3.05) is 14.1 Å². The van der Waals surface area contributed by atoms with E-state index >= 15 is 0 Å². The van der Waals surface area contributed by atoms with Crippen LogP contribution in [0.5, 0.6) is 0 Å². The standard InChI is InChI=1S/C15H24N2/c1-7-8-14(17(5)6)12-9-13(11-16-10-12)15(2,3)4/h8-11H,7H2,1-6H3/b14-8+. The van der Waals surface area contributed by atoms with Crippen molar-refractivity contribution in [2.45, 2.75) is 39.5 Å². The van der Waals surface area contributed by atoms with Crippen molar-refractivity contribution in [3.8, 4) is 0 Å². The van der Waals surface area contributed by atoms with Crippen molar-refractivity contribution in [2.24, 2.45) is 0 Å². The first kappa shape index (κ1) is 13.8. The number of aromatic nitrogens is 1. The molecule has 1 aromatic rings. The Labute approximate surface area is 105 Å². The van der Waals surface area contributed by atoms with Crippen molar-refractivity contribution in [1.82, 2.24) is 9.88 Å². The quantitative estimate of drug-likeness (QED) is 0.790. The third kappa shape index (κ3) is 3.58. The summed E-state index contributed by atoms with van der Waals surface area (Å²) in [6, 6.07) is 2.24. The van der Waals surface area contributed by atoms with E-state index in [9.17, 15) is 0 Å². The second-order valence-electron chi connectivity index (χ2n) is 5.60. The summed E-state index contributed by atoms with van der Waals surface area (Å²) in [4.78, 5) is 6.51. The van der Waals surface area contributed by atoms with E-state index in [-0.39, 0.29) is 5.41 Å². The first-order valence-electron chi connectivity index (χ1n) is 6.19. The summed E-state index contributed by atoms with van der Waals surface area (Å²) in [5, 5.41) is 0. The van der Waals surface area contributed by atoms with E-state index < -0.39 is 0 Å². The van der Waals surface area contributed by atoms with Crippen LogP contribution in [0.2, 0.25) is 0 Å². The maximum absolute atomic E-state index is 4.37. The van der Waals surface area contributed by atoms with Crippen LogP contribution in [0.4, 0.5) is 0 Å². The summed E-state index contributed by atoms with van der Waals surface area (Å²) in [6.45, 7) is 8.80. The van der Waals surface area contributed by atoms with Crippen LogP contribution < -0.4 is 0 Å². The van der Waals surface area contributed by atoms with Crippen LogP contribution in [-0.4, -0.2) is 24.0 Å². The number of nitrogens with zero attached hydrogens (tertiary/aromatic N) is 2. The fraction of sp³-hybridized carbons (Fsp3) is 0.533. The zero-order valence-corrected chi connectivity index (χ0v) is 11.9. The fourth-order valence-corrected chi connectivity index (χ4v) is 1.74. The minimum absolute atomic E-state index is 0.145. The minimum atomic E-state index is 0.145. The van der Waals surface area contributed by atoms with E-state index in [0.29, 0.717) is 0 Å². The molecular formula is C15H24N2. The largest absolute Gasteiger partial charge is 0.377 e. The highest BCUT2D eigenvalue weighted by molar-refractivity contribution is 5.63. The summed E-state index contributed by atoms with van der Waals surface area (Å²) >= 11 is 0. The van der Waals surface area contributed by atoms with Crippen LogP contribution >= 0.6 is 0 Å². The molecule has 0 aliphatic heterocycles. The highest BCUT2D eigenvalue weighted by Crippen LogP contribution is 2.25. The summed E-state index contributed by atoms with van der Waals surface area (Å²) < 4.78 is 0. The molecule has 1 aromatic heterocycles.